The van der Waals surface area contributed by atoms with Gasteiger partial charge in [0.05, 0.1) is 0 Å². The summed E-state index contributed by atoms with van der Waals surface area (Å²) in [5, 5.41) is 4.18. The Morgan fingerprint density at radius 2 is 1.75 bits per heavy atom. The van der Waals surface area contributed by atoms with Gasteiger partial charge in [-0.2, -0.15) is 0 Å². The Kier molecular flexibility index (Phi) is 3.96. The second-order valence-electron chi connectivity index (χ2n) is 7.42. The van der Waals surface area contributed by atoms with E-state index in [1.807, 2.05) is 31.2 Å². The second kappa shape index (κ2) is 5.82. The van der Waals surface area contributed by atoms with Crippen LogP contribution in [0, 0.1) is 13.8 Å². The average Bonchev–Trinajstić information content (AvgIpc) is 2.84. The fourth-order valence-corrected chi connectivity index (χ4v) is 3.10. The number of nitrogens with one attached hydrogen (secondary N) is 2. The molecule has 0 aliphatic rings. The molecule has 0 saturated heterocycles. The number of carbonyl (C=O) groups is 1. The van der Waals surface area contributed by atoms with Gasteiger partial charge >= 0.3 is 0 Å². The summed E-state index contributed by atoms with van der Waals surface area (Å²) in [6, 6.07) is 14.2. The molecular formula is C21H24N2O. The first-order chi connectivity index (χ1) is 11.3. The van der Waals surface area contributed by atoms with Crippen molar-refractivity contribution in [1.82, 2.24) is 4.98 Å². The zero-order valence-corrected chi connectivity index (χ0v) is 14.9. The van der Waals surface area contributed by atoms with Crippen molar-refractivity contribution in [1.29, 1.82) is 0 Å². The molecule has 3 aromatic rings. The van der Waals surface area contributed by atoms with E-state index in [1.54, 1.807) is 0 Å². The predicted octanol–water partition coefficient (Wildman–Crippen LogP) is 5.33. The van der Waals surface area contributed by atoms with E-state index in [-0.39, 0.29) is 11.3 Å². The summed E-state index contributed by atoms with van der Waals surface area (Å²) in [7, 11) is 0. The van der Waals surface area contributed by atoms with Crippen molar-refractivity contribution in [2.45, 2.75) is 40.0 Å². The van der Waals surface area contributed by atoms with E-state index >= 15 is 0 Å². The minimum absolute atomic E-state index is 0.0313. The summed E-state index contributed by atoms with van der Waals surface area (Å²) in [5.41, 5.74) is 5.75. The lowest BCUT2D eigenvalue weighted by Gasteiger charge is -2.23. The Bertz CT molecular complexity index is 913. The third-order valence-electron chi connectivity index (χ3n) is 4.42. The maximum absolute atomic E-state index is 12.8. The monoisotopic (exact) mass is 320 g/mol. The molecule has 0 radical (unpaired) electrons. The van der Waals surface area contributed by atoms with Crippen molar-refractivity contribution in [3.63, 3.8) is 0 Å². The highest BCUT2D eigenvalue weighted by Crippen LogP contribution is 2.30. The van der Waals surface area contributed by atoms with Crippen LogP contribution in [0.25, 0.3) is 10.9 Å². The normalized spacial score (nSPS) is 11.7. The summed E-state index contributed by atoms with van der Waals surface area (Å²) in [6.45, 7) is 10.5. The molecule has 1 heterocycles. The molecule has 24 heavy (non-hydrogen) atoms. The molecule has 3 nitrogen and oxygen atoms in total. The van der Waals surface area contributed by atoms with Gasteiger partial charge in [-0.05, 0) is 48.6 Å². The number of anilines is 1. The zero-order chi connectivity index (χ0) is 17.5. The molecule has 3 rings (SSSR count). The van der Waals surface area contributed by atoms with Gasteiger partial charge in [-0.1, -0.05) is 50.6 Å². The summed E-state index contributed by atoms with van der Waals surface area (Å²) in [5.74, 6) is -0.0990. The van der Waals surface area contributed by atoms with Crippen molar-refractivity contribution < 1.29 is 4.79 Å². The number of fused-ring (bicyclic) bond motifs is 1. The minimum atomic E-state index is -0.0990. The molecule has 0 aliphatic heterocycles. The van der Waals surface area contributed by atoms with Crippen molar-refractivity contribution in [2.24, 2.45) is 0 Å². The van der Waals surface area contributed by atoms with Crippen LogP contribution in [0.15, 0.2) is 42.5 Å². The minimum Gasteiger partial charge on any atom is -0.350 e. The Morgan fingerprint density at radius 1 is 1.04 bits per heavy atom. The van der Waals surface area contributed by atoms with E-state index in [4.69, 9.17) is 0 Å². The van der Waals surface area contributed by atoms with Crippen LogP contribution in [-0.4, -0.2) is 10.9 Å². The van der Waals surface area contributed by atoms with Crippen LogP contribution in [0.1, 0.15) is 48.0 Å². The fraction of sp³-hybridized carbons (Fsp3) is 0.286. The second-order valence-corrected chi connectivity index (χ2v) is 7.42. The molecule has 3 heteroatoms. The molecule has 0 saturated carbocycles. The Balaban J connectivity index is 1.99. The van der Waals surface area contributed by atoms with E-state index in [0.29, 0.717) is 5.69 Å². The van der Waals surface area contributed by atoms with Crippen LogP contribution in [0.3, 0.4) is 0 Å². The number of para-hydroxylation sites is 1. The quantitative estimate of drug-likeness (QED) is 0.658. The standard InChI is InChI=1S/C21H24N2O/c1-13-10-11-17-15(12-13)14(2)19(22-17)20(24)23-18-9-7-6-8-16(18)21(3,4)5/h6-12,22H,1-5H3,(H,23,24). The van der Waals surface area contributed by atoms with Gasteiger partial charge in [-0.3, -0.25) is 4.79 Å². The molecule has 0 aliphatic carbocycles. The Labute approximate surface area is 143 Å². The van der Waals surface area contributed by atoms with Crippen LogP contribution in [0.2, 0.25) is 0 Å². The summed E-state index contributed by atoms with van der Waals surface area (Å²) < 4.78 is 0. The maximum atomic E-state index is 12.8. The van der Waals surface area contributed by atoms with Gasteiger partial charge in [0.25, 0.3) is 5.91 Å². The zero-order valence-electron chi connectivity index (χ0n) is 14.9. The van der Waals surface area contributed by atoms with Crippen LogP contribution < -0.4 is 5.32 Å². The van der Waals surface area contributed by atoms with Crippen molar-refractivity contribution in [3.05, 3.63) is 64.8 Å². The number of carbonyl (C=O) groups excluding carboxylic acids is 1. The third-order valence-corrected chi connectivity index (χ3v) is 4.42. The third kappa shape index (κ3) is 2.94. The van der Waals surface area contributed by atoms with Crippen LogP contribution in [0.4, 0.5) is 5.69 Å². The summed E-state index contributed by atoms with van der Waals surface area (Å²) in [4.78, 5) is 16.1. The lowest BCUT2D eigenvalue weighted by molar-refractivity contribution is 0.102. The van der Waals surface area contributed by atoms with Crippen LogP contribution in [-0.2, 0) is 5.41 Å². The van der Waals surface area contributed by atoms with Crippen LogP contribution in [0.5, 0.6) is 0 Å². The van der Waals surface area contributed by atoms with Gasteiger partial charge < -0.3 is 10.3 Å². The van der Waals surface area contributed by atoms with E-state index < -0.39 is 0 Å². The molecule has 124 valence electrons. The SMILES string of the molecule is Cc1ccc2[nH]c(C(=O)Nc3ccccc3C(C)(C)C)c(C)c2c1. The number of amides is 1. The maximum Gasteiger partial charge on any atom is 0.272 e. The van der Waals surface area contributed by atoms with Gasteiger partial charge in [-0.25, -0.2) is 0 Å². The summed E-state index contributed by atoms with van der Waals surface area (Å²) >= 11 is 0. The molecule has 1 aromatic heterocycles. The van der Waals surface area contributed by atoms with E-state index in [2.05, 4.69) is 56.2 Å². The molecular weight excluding hydrogens is 296 g/mol. The lowest BCUT2D eigenvalue weighted by atomic mass is 9.86. The smallest absolute Gasteiger partial charge is 0.272 e. The highest BCUT2D eigenvalue weighted by molar-refractivity contribution is 6.08. The fourth-order valence-electron chi connectivity index (χ4n) is 3.10. The van der Waals surface area contributed by atoms with E-state index in [0.717, 1.165) is 27.7 Å². The molecule has 0 bridgehead atoms. The highest BCUT2D eigenvalue weighted by Gasteiger charge is 2.20. The molecule has 0 unspecified atom stereocenters. The molecule has 2 aromatic carbocycles. The van der Waals surface area contributed by atoms with E-state index in [1.165, 1.54) is 5.56 Å². The average molecular weight is 320 g/mol. The number of hydrogen-bond acceptors (Lipinski definition) is 1. The number of H-pyrrole nitrogens is 1. The van der Waals surface area contributed by atoms with Crippen LogP contribution >= 0.6 is 0 Å². The van der Waals surface area contributed by atoms with Gasteiger partial charge in [0.2, 0.25) is 0 Å². The molecule has 0 fully saturated rings. The van der Waals surface area contributed by atoms with Gasteiger partial charge in [0.1, 0.15) is 5.69 Å². The lowest BCUT2D eigenvalue weighted by Crippen LogP contribution is -2.19. The van der Waals surface area contributed by atoms with Gasteiger partial charge in [0.15, 0.2) is 0 Å². The molecule has 0 spiro atoms. The Hall–Kier alpha value is -2.55. The molecule has 1 amide bonds. The first kappa shape index (κ1) is 16.3. The Morgan fingerprint density at radius 3 is 2.46 bits per heavy atom. The number of aromatic amines is 1. The van der Waals surface area contributed by atoms with Crippen molar-refractivity contribution in [3.8, 4) is 0 Å². The van der Waals surface area contributed by atoms with E-state index in [9.17, 15) is 4.79 Å². The van der Waals surface area contributed by atoms with Gasteiger partial charge in [0, 0.05) is 16.6 Å². The predicted molar refractivity (Wildman–Crippen MR) is 101 cm³/mol. The highest BCUT2D eigenvalue weighted by atomic mass is 16.1. The summed E-state index contributed by atoms with van der Waals surface area (Å²) in [6.07, 6.45) is 0. The van der Waals surface area contributed by atoms with Gasteiger partial charge in [-0.15, -0.1) is 0 Å². The number of aryl methyl sites for hydroxylation is 2. The first-order valence-corrected chi connectivity index (χ1v) is 8.27. The number of rotatable bonds is 2. The number of aromatic nitrogens is 1. The molecule has 2 N–H and O–H groups in total. The largest absolute Gasteiger partial charge is 0.350 e. The number of benzene rings is 2. The molecule has 0 atom stereocenters. The number of hydrogen-bond donors (Lipinski definition) is 2. The first-order valence-electron chi connectivity index (χ1n) is 8.27. The van der Waals surface area contributed by atoms with Crippen molar-refractivity contribution in [2.75, 3.05) is 5.32 Å². The topological polar surface area (TPSA) is 44.9 Å². The van der Waals surface area contributed by atoms with Crippen molar-refractivity contribution >= 4 is 22.5 Å².